The summed E-state index contributed by atoms with van der Waals surface area (Å²) in [4.78, 5) is 35.1. The molecule has 0 aliphatic heterocycles. The second kappa shape index (κ2) is 10.9. The lowest BCUT2D eigenvalue weighted by Crippen LogP contribution is -2.36. The van der Waals surface area contributed by atoms with Crippen molar-refractivity contribution >= 4 is 17.8 Å². The van der Waals surface area contributed by atoms with Crippen molar-refractivity contribution in [1.29, 1.82) is 0 Å². The van der Waals surface area contributed by atoms with Crippen LogP contribution < -0.4 is 5.32 Å². The molecule has 0 unspecified atom stereocenters. The smallest absolute Gasteiger partial charge is 0.306 e. The number of carbonyl (C=O) groups excluding carboxylic acids is 1. The summed E-state index contributed by atoms with van der Waals surface area (Å²) < 4.78 is 0. The summed E-state index contributed by atoms with van der Waals surface area (Å²) >= 11 is 0. The number of benzene rings is 2. The zero-order valence-corrected chi connectivity index (χ0v) is 15.6. The first-order chi connectivity index (χ1) is 13.5. The summed E-state index contributed by atoms with van der Waals surface area (Å²) in [7, 11) is 0. The topological polar surface area (TPSA) is 104 Å². The maximum absolute atomic E-state index is 12.6. The Hall–Kier alpha value is -3.15. The molecule has 0 radical (unpaired) electrons. The van der Waals surface area contributed by atoms with Crippen molar-refractivity contribution in [1.82, 2.24) is 5.32 Å². The maximum Gasteiger partial charge on any atom is 0.306 e. The molecule has 0 heterocycles. The molecular formula is C22H25NO5. The summed E-state index contributed by atoms with van der Waals surface area (Å²) in [5.74, 6) is -3.51. The first kappa shape index (κ1) is 21.2. The van der Waals surface area contributed by atoms with Crippen molar-refractivity contribution in [2.75, 3.05) is 6.54 Å². The SMILES string of the molecule is O=C(O)CCNC(=O)[C@@H](Cc1ccccc1)C[C@@H](Cc1ccccc1)C(=O)O. The van der Waals surface area contributed by atoms with E-state index in [0.717, 1.165) is 11.1 Å². The van der Waals surface area contributed by atoms with Crippen molar-refractivity contribution in [2.45, 2.75) is 25.7 Å². The molecule has 6 nitrogen and oxygen atoms in total. The van der Waals surface area contributed by atoms with Gasteiger partial charge in [0.2, 0.25) is 5.91 Å². The van der Waals surface area contributed by atoms with E-state index in [9.17, 15) is 19.5 Å². The minimum Gasteiger partial charge on any atom is -0.481 e. The Kier molecular flexibility index (Phi) is 8.21. The lowest BCUT2D eigenvalue weighted by Gasteiger charge is -2.21. The third-order valence-electron chi connectivity index (χ3n) is 4.58. The Bertz CT molecular complexity index is 776. The van der Waals surface area contributed by atoms with Gasteiger partial charge >= 0.3 is 11.9 Å². The monoisotopic (exact) mass is 383 g/mol. The Balaban J connectivity index is 2.11. The minimum atomic E-state index is -0.993. The van der Waals surface area contributed by atoms with Gasteiger partial charge in [0, 0.05) is 12.5 Å². The molecule has 2 aromatic rings. The first-order valence-electron chi connectivity index (χ1n) is 9.26. The number of nitrogens with one attached hydrogen (secondary N) is 1. The molecular weight excluding hydrogens is 358 g/mol. The van der Waals surface area contributed by atoms with Gasteiger partial charge in [-0.2, -0.15) is 0 Å². The van der Waals surface area contributed by atoms with Crippen LogP contribution in [0.1, 0.15) is 24.0 Å². The summed E-state index contributed by atoms with van der Waals surface area (Å²) in [6.07, 6.45) is 0.746. The van der Waals surface area contributed by atoms with E-state index in [1.165, 1.54) is 0 Å². The third-order valence-corrected chi connectivity index (χ3v) is 4.58. The van der Waals surface area contributed by atoms with Crippen LogP contribution in [-0.4, -0.2) is 34.6 Å². The van der Waals surface area contributed by atoms with Gasteiger partial charge in [-0.25, -0.2) is 0 Å². The minimum absolute atomic E-state index is 0.0237. The Morgan fingerprint density at radius 3 is 1.75 bits per heavy atom. The first-order valence-corrected chi connectivity index (χ1v) is 9.26. The van der Waals surface area contributed by atoms with Crippen LogP contribution in [0, 0.1) is 11.8 Å². The predicted octanol–water partition coefficient (Wildman–Crippen LogP) is 2.77. The van der Waals surface area contributed by atoms with Crippen LogP contribution in [0.15, 0.2) is 60.7 Å². The van der Waals surface area contributed by atoms with Gasteiger partial charge in [0.1, 0.15) is 0 Å². The van der Waals surface area contributed by atoms with Crippen molar-refractivity contribution in [2.24, 2.45) is 11.8 Å². The molecule has 3 N–H and O–H groups in total. The molecule has 0 bridgehead atoms. The van der Waals surface area contributed by atoms with Gasteiger partial charge < -0.3 is 15.5 Å². The predicted molar refractivity (Wildman–Crippen MR) is 105 cm³/mol. The summed E-state index contributed by atoms with van der Waals surface area (Å²) in [6.45, 7) is 0.0237. The molecule has 0 aliphatic carbocycles. The number of carboxylic acid groups (broad SMARTS) is 2. The highest BCUT2D eigenvalue weighted by Gasteiger charge is 2.27. The van der Waals surface area contributed by atoms with E-state index < -0.39 is 23.8 Å². The highest BCUT2D eigenvalue weighted by molar-refractivity contribution is 5.80. The third kappa shape index (κ3) is 7.23. The van der Waals surface area contributed by atoms with Crippen LogP contribution in [0.3, 0.4) is 0 Å². The molecule has 2 atom stereocenters. The van der Waals surface area contributed by atoms with Crippen molar-refractivity contribution < 1.29 is 24.6 Å². The fourth-order valence-corrected chi connectivity index (χ4v) is 3.13. The highest BCUT2D eigenvalue weighted by atomic mass is 16.4. The molecule has 2 aromatic carbocycles. The lowest BCUT2D eigenvalue weighted by atomic mass is 9.85. The fraction of sp³-hybridized carbons (Fsp3) is 0.318. The van der Waals surface area contributed by atoms with E-state index in [0.29, 0.717) is 12.8 Å². The Morgan fingerprint density at radius 1 is 0.786 bits per heavy atom. The summed E-state index contributed by atoms with van der Waals surface area (Å²) in [5.41, 5.74) is 1.84. The largest absolute Gasteiger partial charge is 0.481 e. The average Bonchev–Trinajstić information content (AvgIpc) is 2.68. The van der Waals surface area contributed by atoms with Crippen molar-refractivity contribution in [3.63, 3.8) is 0 Å². The van der Waals surface area contributed by atoms with E-state index in [1.807, 2.05) is 60.7 Å². The standard InChI is InChI=1S/C22H25NO5/c24-20(25)11-12-23-21(26)18(13-16-7-3-1-4-8-16)15-19(22(27)28)14-17-9-5-2-6-10-17/h1-10,18-19H,11-15H2,(H,23,26)(H,24,25)(H,27,28)/t18-,19+/m0/s1. The molecule has 1 amide bonds. The van der Waals surface area contributed by atoms with E-state index in [4.69, 9.17) is 5.11 Å². The summed E-state index contributed by atoms with van der Waals surface area (Å²) in [6, 6.07) is 18.7. The molecule has 148 valence electrons. The molecule has 0 spiro atoms. The fourth-order valence-electron chi connectivity index (χ4n) is 3.13. The van der Waals surface area contributed by atoms with E-state index in [-0.39, 0.29) is 25.3 Å². The second-order valence-corrected chi connectivity index (χ2v) is 6.78. The van der Waals surface area contributed by atoms with E-state index in [2.05, 4.69) is 5.32 Å². The molecule has 28 heavy (non-hydrogen) atoms. The number of carbonyl (C=O) groups is 3. The number of hydrogen-bond acceptors (Lipinski definition) is 3. The maximum atomic E-state index is 12.6. The van der Waals surface area contributed by atoms with Crippen LogP contribution in [-0.2, 0) is 27.2 Å². The molecule has 0 aromatic heterocycles. The quantitative estimate of drug-likeness (QED) is 0.554. The average molecular weight is 383 g/mol. The van der Waals surface area contributed by atoms with Crippen LogP contribution >= 0.6 is 0 Å². The van der Waals surface area contributed by atoms with Gasteiger partial charge in [-0.05, 0) is 30.4 Å². The highest BCUT2D eigenvalue weighted by Crippen LogP contribution is 2.22. The summed E-state index contributed by atoms with van der Waals surface area (Å²) in [5, 5.41) is 21.1. The number of rotatable bonds is 11. The molecule has 0 aliphatic rings. The zero-order valence-electron chi connectivity index (χ0n) is 15.6. The Morgan fingerprint density at radius 2 is 1.29 bits per heavy atom. The Labute approximate surface area is 164 Å². The van der Waals surface area contributed by atoms with Crippen LogP contribution in [0.2, 0.25) is 0 Å². The number of amides is 1. The number of carboxylic acids is 2. The van der Waals surface area contributed by atoms with Gasteiger partial charge in [-0.1, -0.05) is 60.7 Å². The molecule has 6 heteroatoms. The van der Waals surface area contributed by atoms with E-state index in [1.54, 1.807) is 0 Å². The lowest BCUT2D eigenvalue weighted by molar-refractivity contribution is -0.142. The van der Waals surface area contributed by atoms with Crippen LogP contribution in [0.4, 0.5) is 0 Å². The van der Waals surface area contributed by atoms with Gasteiger partial charge in [0.15, 0.2) is 0 Å². The van der Waals surface area contributed by atoms with E-state index >= 15 is 0 Å². The zero-order chi connectivity index (χ0) is 20.4. The molecule has 0 fully saturated rings. The van der Waals surface area contributed by atoms with Gasteiger partial charge in [-0.3, -0.25) is 14.4 Å². The normalized spacial score (nSPS) is 12.7. The van der Waals surface area contributed by atoms with Gasteiger partial charge in [-0.15, -0.1) is 0 Å². The second-order valence-electron chi connectivity index (χ2n) is 6.78. The number of aliphatic carboxylic acids is 2. The van der Waals surface area contributed by atoms with Crippen molar-refractivity contribution in [3.8, 4) is 0 Å². The van der Waals surface area contributed by atoms with Crippen LogP contribution in [0.5, 0.6) is 0 Å². The van der Waals surface area contributed by atoms with Crippen LogP contribution in [0.25, 0.3) is 0 Å². The van der Waals surface area contributed by atoms with Gasteiger partial charge in [0.05, 0.1) is 12.3 Å². The molecule has 0 saturated carbocycles. The van der Waals surface area contributed by atoms with Gasteiger partial charge in [0.25, 0.3) is 0 Å². The van der Waals surface area contributed by atoms with Crippen molar-refractivity contribution in [3.05, 3.63) is 71.8 Å². The number of hydrogen-bond donors (Lipinski definition) is 3. The molecule has 0 saturated heterocycles. The molecule has 2 rings (SSSR count).